The lowest BCUT2D eigenvalue weighted by atomic mass is 10.2. The van der Waals surface area contributed by atoms with Crippen LogP contribution >= 0.6 is 0 Å². The Morgan fingerprint density at radius 2 is 2.14 bits per heavy atom. The Balaban J connectivity index is 2.29. The molecule has 0 saturated heterocycles. The van der Waals surface area contributed by atoms with Gasteiger partial charge in [-0.1, -0.05) is 13.3 Å². The molecule has 0 amide bonds. The van der Waals surface area contributed by atoms with Crippen molar-refractivity contribution in [3.8, 4) is 0 Å². The number of nitrogens with zero attached hydrogens (tertiary/aromatic N) is 2. The van der Waals surface area contributed by atoms with Crippen LogP contribution in [0.1, 0.15) is 46.2 Å². The van der Waals surface area contributed by atoms with Crippen molar-refractivity contribution in [2.24, 2.45) is 0 Å². The molecule has 0 bridgehead atoms. The van der Waals surface area contributed by atoms with E-state index in [1.54, 1.807) is 17.0 Å². The number of hydrogen-bond donors (Lipinski definition) is 0. The molecule has 0 N–H and O–H groups in total. The fourth-order valence-electron chi connectivity index (χ4n) is 2.16. The first-order valence-corrected chi connectivity index (χ1v) is 7.68. The number of ether oxygens (including phenoxy) is 2. The van der Waals surface area contributed by atoms with Gasteiger partial charge >= 0.3 is 6.09 Å². The molecule has 0 unspecified atom stereocenters. The zero-order valence-electron chi connectivity index (χ0n) is 13.8. The van der Waals surface area contributed by atoms with Gasteiger partial charge in [-0.3, -0.25) is 4.98 Å². The Bertz CT molecular complexity index is 641. The summed E-state index contributed by atoms with van der Waals surface area (Å²) in [6, 6.07) is 3.83. The van der Waals surface area contributed by atoms with Gasteiger partial charge < -0.3 is 9.47 Å². The second-order valence-corrected chi connectivity index (χ2v) is 6.29. The van der Waals surface area contributed by atoms with Crippen molar-refractivity contribution < 1.29 is 14.3 Å². The maximum atomic E-state index is 12.5. The standard InChI is InChI=1S/C17H24N2O3/c1-5-6-9-21-12-14-10-13-7-8-18-11-15(13)19(14)16(20)22-17(2,3)4/h7-8,10-11H,5-6,9,12H2,1-4H3. The van der Waals surface area contributed by atoms with E-state index in [9.17, 15) is 4.79 Å². The summed E-state index contributed by atoms with van der Waals surface area (Å²) in [6.45, 7) is 8.75. The van der Waals surface area contributed by atoms with Gasteiger partial charge in [0.25, 0.3) is 0 Å². The van der Waals surface area contributed by atoms with Gasteiger partial charge in [0.2, 0.25) is 0 Å². The van der Waals surface area contributed by atoms with Crippen molar-refractivity contribution in [1.82, 2.24) is 9.55 Å². The first-order valence-electron chi connectivity index (χ1n) is 7.68. The summed E-state index contributed by atoms with van der Waals surface area (Å²) in [4.78, 5) is 16.6. The smallest absolute Gasteiger partial charge is 0.419 e. The third kappa shape index (κ3) is 4.07. The highest BCUT2D eigenvalue weighted by Crippen LogP contribution is 2.21. The van der Waals surface area contributed by atoms with Gasteiger partial charge in [0.1, 0.15) is 5.60 Å². The van der Waals surface area contributed by atoms with Crippen LogP contribution in [-0.4, -0.2) is 27.9 Å². The minimum Gasteiger partial charge on any atom is -0.443 e. The van der Waals surface area contributed by atoms with Crippen LogP contribution in [0, 0.1) is 0 Å². The summed E-state index contributed by atoms with van der Waals surface area (Å²) >= 11 is 0. The summed E-state index contributed by atoms with van der Waals surface area (Å²) in [5.41, 5.74) is 0.982. The molecule has 22 heavy (non-hydrogen) atoms. The number of carbonyl (C=O) groups is 1. The van der Waals surface area contributed by atoms with Crippen LogP contribution in [0.15, 0.2) is 24.5 Å². The first kappa shape index (κ1) is 16.5. The van der Waals surface area contributed by atoms with E-state index in [2.05, 4.69) is 11.9 Å². The van der Waals surface area contributed by atoms with Crippen molar-refractivity contribution in [3.63, 3.8) is 0 Å². The van der Waals surface area contributed by atoms with Crippen LogP contribution in [0.3, 0.4) is 0 Å². The maximum absolute atomic E-state index is 12.5. The van der Waals surface area contributed by atoms with Gasteiger partial charge in [-0.25, -0.2) is 9.36 Å². The highest BCUT2D eigenvalue weighted by atomic mass is 16.6. The zero-order valence-corrected chi connectivity index (χ0v) is 13.8. The second-order valence-electron chi connectivity index (χ2n) is 6.29. The molecule has 0 spiro atoms. The molecule has 0 fully saturated rings. The van der Waals surface area contributed by atoms with Crippen LogP contribution in [0.2, 0.25) is 0 Å². The van der Waals surface area contributed by atoms with Crippen LogP contribution in [0.25, 0.3) is 10.9 Å². The van der Waals surface area contributed by atoms with Gasteiger partial charge in [0.05, 0.1) is 24.0 Å². The fourth-order valence-corrected chi connectivity index (χ4v) is 2.16. The zero-order chi connectivity index (χ0) is 16.2. The SMILES string of the molecule is CCCCOCc1cc2ccncc2n1C(=O)OC(C)(C)C. The van der Waals surface area contributed by atoms with E-state index >= 15 is 0 Å². The number of carbonyl (C=O) groups excluding carboxylic acids is 1. The van der Waals surface area contributed by atoms with E-state index < -0.39 is 11.7 Å². The third-order valence-electron chi connectivity index (χ3n) is 3.15. The summed E-state index contributed by atoms with van der Waals surface area (Å²) in [7, 11) is 0. The number of pyridine rings is 1. The average Bonchev–Trinajstić information content (AvgIpc) is 2.80. The van der Waals surface area contributed by atoms with E-state index in [0.717, 1.165) is 29.4 Å². The van der Waals surface area contributed by atoms with Crippen molar-refractivity contribution in [3.05, 3.63) is 30.2 Å². The summed E-state index contributed by atoms with van der Waals surface area (Å²) in [5, 5.41) is 0.954. The number of fused-ring (bicyclic) bond motifs is 1. The van der Waals surface area contributed by atoms with Crippen molar-refractivity contribution >= 4 is 17.0 Å². The van der Waals surface area contributed by atoms with Crippen molar-refractivity contribution in [2.75, 3.05) is 6.61 Å². The van der Waals surface area contributed by atoms with E-state index in [1.807, 2.05) is 32.9 Å². The Morgan fingerprint density at radius 3 is 2.82 bits per heavy atom. The lowest BCUT2D eigenvalue weighted by Crippen LogP contribution is -2.28. The number of hydrogen-bond acceptors (Lipinski definition) is 4. The lowest BCUT2D eigenvalue weighted by molar-refractivity contribution is 0.0518. The van der Waals surface area contributed by atoms with Crippen LogP contribution < -0.4 is 0 Å². The Morgan fingerprint density at radius 1 is 1.36 bits per heavy atom. The molecular weight excluding hydrogens is 280 g/mol. The van der Waals surface area contributed by atoms with Gasteiger partial charge in [0, 0.05) is 18.2 Å². The monoisotopic (exact) mass is 304 g/mol. The first-order chi connectivity index (χ1) is 10.4. The predicted molar refractivity (Wildman–Crippen MR) is 85.9 cm³/mol. The maximum Gasteiger partial charge on any atom is 0.419 e. The molecule has 5 nitrogen and oxygen atoms in total. The molecule has 0 atom stereocenters. The predicted octanol–water partition coefficient (Wildman–Crippen LogP) is 4.14. The molecule has 2 aromatic rings. The van der Waals surface area contributed by atoms with E-state index in [0.29, 0.717) is 13.2 Å². The Kier molecular flexibility index (Phi) is 5.19. The number of aromatic nitrogens is 2. The molecule has 0 aliphatic rings. The van der Waals surface area contributed by atoms with Gasteiger partial charge in [-0.15, -0.1) is 0 Å². The minimum absolute atomic E-state index is 0.383. The van der Waals surface area contributed by atoms with Crippen molar-refractivity contribution in [1.29, 1.82) is 0 Å². The van der Waals surface area contributed by atoms with Crippen LogP contribution in [0.4, 0.5) is 4.79 Å². The quantitative estimate of drug-likeness (QED) is 0.779. The second kappa shape index (κ2) is 6.92. The molecule has 2 aromatic heterocycles. The summed E-state index contributed by atoms with van der Waals surface area (Å²) in [5.74, 6) is 0. The number of unbranched alkanes of at least 4 members (excludes halogenated alkanes) is 1. The average molecular weight is 304 g/mol. The molecule has 5 heteroatoms. The van der Waals surface area contributed by atoms with E-state index in [-0.39, 0.29) is 0 Å². The largest absolute Gasteiger partial charge is 0.443 e. The van der Waals surface area contributed by atoms with E-state index in [4.69, 9.17) is 9.47 Å². The van der Waals surface area contributed by atoms with Gasteiger partial charge in [-0.05, 0) is 39.3 Å². The summed E-state index contributed by atoms with van der Waals surface area (Å²) in [6.07, 6.45) is 5.08. The molecule has 2 heterocycles. The van der Waals surface area contributed by atoms with Gasteiger partial charge in [0.15, 0.2) is 0 Å². The lowest BCUT2D eigenvalue weighted by Gasteiger charge is -2.20. The molecule has 120 valence electrons. The normalized spacial score (nSPS) is 11.8. The minimum atomic E-state index is -0.545. The third-order valence-corrected chi connectivity index (χ3v) is 3.15. The molecule has 0 radical (unpaired) electrons. The number of rotatable bonds is 5. The molecule has 0 aliphatic heterocycles. The van der Waals surface area contributed by atoms with Crippen LogP contribution in [-0.2, 0) is 16.1 Å². The summed E-state index contributed by atoms with van der Waals surface area (Å²) < 4.78 is 12.7. The van der Waals surface area contributed by atoms with Gasteiger partial charge in [-0.2, -0.15) is 0 Å². The molecule has 0 aromatic carbocycles. The topological polar surface area (TPSA) is 53.4 Å². The van der Waals surface area contributed by atoms with E-state index in [1.165, 1.54) is 0 Å². The Labute approximate surface area is 131 Å². The highest BCUT2D eigenvalue weighted by Gasteiger charge is 2.22. The highest BCUT2D eigenvalue weighted by molar-refractivity contribution is 5.90. The molecule has 0 saturated carbocycles. The molecule has 0 aliphatic carbocycles. The van der Waals surface area contributed by atoms with Crippen molar-refractivity contribution in [2.45, 2.75) is 52.7 Å². The molecule has 2 rings (SSSR count). The fraction of sp³-hybridized carbons (Fsp3) is 0.529. The molecular formula is C17H24N2O3. The Hall–Kier alpha value is -1.88. The van der Waals surface area contributed by atoms with Crippen LogP contribution in [0.5, 0.6) is 0 Å².